The summed E-state index contributed by atoms with van der Waals surface area (Å²) < 4.78 is 39.0. The Bertz CT molecular complexity index is 1420. The Labute approximate surface area is 223 Å². The van der Waals surface area contributed by atoms with Crippen LogP contribution in [0.25, 0.3) is 0 Å². The van der Waals surface area contributed by atoms with Gasteiger partial charge in [-0.25, -0.2) is 13.2 Å². The minimum Gasteiger partial charge on any atom is -0.468 e. The molecule has 0 fully saturated rings. The summed E-state index contributed by atoms with van der Waals surface area (Å²) in [5, 5.41) is 0. The molecule has 0 saturated heterocycles. The number of hydrogen-bond acceptors (Lipinski definition) is 7. The molecule has 0 radical (unpaired) electrons. The molecule has 1 heterocycles. The Hall–Kier alpha value is -3.28. The highest BCUT2D eigenvalue weighted by molar-refractivity contribution is 9.10. The van der Waals surface area contributed by atoms with E-state index >= 15 is 0 Å². The van der Waals surface area contributed by atoms with Crippen LogP contribution in [0.1, 0.15) is 33.9 Å². The van der Waals surface area contributed by atoms with Crippen molar-refractivity contribution in [2.24, 2.45) is 0 Å². The van der Waals surface area contributed by atoms with Gasteiger partial charge in [-0.15, -0.1) is 0 Å². The topological polar surface area (TPSA) is 112 Å². The molecule has 0 bridgehead atoms. The van der Waals surface area contributed by atoms with E-state index in [4.69, 9.17) is 9.47 Å². The van der Waals surface area contributed by atoms with Gasteiger partial charge >= 0.3 is 11.9 Å². The lowest BCUT2D eigenvalue weighted by molar-refractivity contribution is -0.140. The zero-order valence-electron chi connectivity index (χ0n) is 20.6. The lowest BCUT2D eigenvalue weighted by Crippen LogP contribution is -2.38. The lowest BCUT2D eigenvalue weighted by atomic mass is 10.0. The van der Waals surface area contributed by atoms with Crippen molar-refractivity contribution >= 4 is 37.9 Å². The molecule has 0 aliphatic heterocycles. The largest absolute Gasteiger partial charge is 0.468 e. The van der Waals surface area contributed by atoms with Gasteiger partial charge in [-0.05, 0) is 53.0 Å². The fourth-order valence-electron chi connectivity index (χ4n) is 3.79. The van der Waals surface area contributed by atoms with E-state index in [-0.39, 0.29) is 27.9 Å². The van der Waals surface area contributed by atoms with Crippen LogP contribution in [-0.4, -0.2) is 56.5 Å². The molecule has 0 amide bonds. The standard InChI is InChI=1S/C26H27BrN2O7S/c1-18-9-11-21(12-10-18)37(33,34)28(17-24(30)35-2)14-13-23(19-7-5-4-6-8-19)29-16-20(26(32)36-3)15-22(27)25(29)31/h4-12,15-16,23H,13-14,17H2,1-3H3. The minimum atomic E-state index is -4.07. The van der Waals surface area contributed by atoms with E-state index < -0.39 is 40.1 Å². The summed E-state index contributed by atoms with van der Waals surface area (Å²) in [6.45, 7) is 1.22. The second-order valence-corrected chi connectivity index (χ2v) is 11.0. The van der Waals surface area contributed by atoms with E-state index in [9.17, 15) is 22.8 Å². The van der Waals surface area contributed by atoms with E-state index in [0.717, 1.165) is 9.87 Å². The number of benzene rings is 2. The first-order chi connectivity index (χ1) is 17.6. The molecule has 37 heavy (non-hydrogen) atoms. The molecule has 9 nitrogen and oxygen atoms in total. The van der Waals surface area contributed by atoms with Crippen molar-refractivity contribution in [2.45, 2.75) is 24.3 Å². The number of carbonyl (C=O) groups is 2. The minimum absolute atomic E-state index is 0.0332. The monoisotopic (exact) mass is 590 g/mol. The molecule has 0 saturated carbocycles. The van der Waals surface area contributed by atoms with Crippen LogP contribution in [0.15, 0.2) is 81.0 Å². The number of pyridine rings is 1. The fraction of sp³-hybridized carbons (Fsp3) is 0.269. The molecule has 1 unspecified atom stereocenters. The molecule has 196 valence electrons. The summed E-state index contributed by atoms with van der Waals surface area (Å²) in [5.74, 6) is -1.35. The smallest absolute Gasteiger partial charge is 0.339 e. The summed E-state index contributed by atoms with van der Waals surface area (Å²) in [6.07, 6.45) is 1.50. The number of hydrogen-bond donors (Lipinski definition) is 0. The maximum absolute atomic E-state index is 13.5. The Morgan fingerprint density at radius 3 is 2.27 bits per heavy atom. The van der Waals surface area contributed by atoms with E-state index in [1.165, 1.54) is 43.2 Å². The van der Waals surface area contributed by atoms with Gasteiger partial charge < -0.3 is 14.0 Å². The van der Waals surface area contributed by atoms with Crippen molar-refractivity contribution in [3.05, 3.63) is 98.4 Å². The summed E-state index contributed by atoms with van der Waals surface area (Å²) in [4.78, 5) is 37.5. The van der Waals surface area contributed by atoms with Gasteiger partial charge in [0, 0.05) is 12.7 Å². The molecule has 0 aliphatic carbocycles. The van der Waals surface area contributed by atoms with E-state index in [1.807, 2.05) is 13.0 Å². The van der Waals surface area contributed by atoms with Gasteiger partial charge in [-0.2, -0.15) is 4.31 Å². The number of esters is 2. The number of methoxy groups -OCH3 is 2. The third kappa shape index (κ3) is 6.73. The molecule has 0 aliphatic rings. The molecule has 2 aromatic carbocycles. The fourth-order valence-corrected chi connectivity index (χ4v) is 5.64. The maximum Gasteiger partial charge on any atom is 0.339 e. The van der Waals surface area contributed by atoms with Gasteiger partial charge in [-0.1, -0.05) is 48.0 Å². The van der Waals surface area contributed by atoms with Crippen LogP contribution in [0.4, 0.5) is 0 Å². The SMILES string of the molecule is COC(=O)CN(CCC(c1ccccc1)n1cc(C(=O)OC)cc(Br)c1=O)S(=O)(=O)c1ccc(C)cc1. The van der Waals surface area contributed by atoms with Crippen LogP contribution in [-0.2, 0) is 24.3 Å². The second-order valence-electron chi connectivity index (χ2n) is 8.22. The van der Waals surface area contributed by atoms with Gasteiger partial charge in [0.1, 0.15) is 6.54 Å². The molecule has 0 N–H and O–H groups in total. The van der Waals surface area contributed by atoms with Crippen molar-refractivity contribution in [2.75, 3.05) is 27.3 Å². The average Bonchev–Trinajstić information content (AvgIpc) is 2.90. The zero-order chi connectivity index (χ0) is 27.2. The average molecular weight is 591 g/mol. The number of aryl methyl sites for hydroxylation is 1. The maximum atomic E-state index is 13.5. The summed E-state index contributed by atoms with van der Waals surface area (Å²) in [6, 6.07) is 16.0. The molecule has 1 aromatic heterocycles. The molecular formula is C26H27BrN2O7S. The highest BCUT2D eigenvalue weighted by atomic mass is 79.9. The highest BCUT2D eigenvalue weighted by Crippen LogP contribution is 2.25. The Morgan fingerprint density at radius 1 is 1.03 bits per heavy atom. The number of carbonyl (C=O) groups excluding carboxylic acids is 2. The van der Waals surface area contributed by atoms with Crippen LogP contribution >= 0.6 is 15.9 Å². The van der Waals surface area contributed by atoms with Gasteiger partial charge in [0.2, 0.25) is 10.0 Å². The number of rotatable bonds is 10. The number of aromatic nitrogens is 1. The van der Waals surface area contributed by atoms with Gasteiger partial charge in [-0.3, -0.25) is 9.59 Å². The number of ether oxygens (including phenoxy) is 2. The van der Waals surface area contributed by atoms with Crippen molar-refractivity contribution in [3.63, 3.8) is 0 Å². The number of nitrogens with zero attached hydrogens (tertiary/aromatic N) is 2. The zero-order valence-corrected chi connectivity index (χ0v) is 23.0. The van der Waals surface area contributed by atoms with Gasteiger partial charge in [0.05, 0.1) is 35.2 Å². The van der Waals surface area contributed by atoms with Gasteiger partial charge in [0.25, 0.3) is 5.56 Å². The first-order valence-corrected chi connectivity index (χ1v) is 13.5. The third-order valence-electron chi connectivity index (χ3n) is 5.78. The van der Waals surface area contributed by atoms with Crippen LogP contribution in [0, 0.1) is 6.92 Å². The Balaban J connectivity index is 2.06. The molecule has 3 aromatic rings. The van der Waals surface area contributed by atoms with Crippen LogP contribution in [0.2, 0.25) is 0 Å². The Kier molecular flexibility index (Phi) is 9.41. The molecule has 3 rings (SSSR count). The quantitative estimate of drug-likeness (QED) is 0.332. The van der Waals surface area contributed by atoms with E-state index in [0.29, 0.717) is 5.56 Å². The molecule has 11 heteroatoms. The normalized spacial score (nSPS) is 12.2. The lowest BCUT2D eigenvalue weighted by Gasteiger charge is -2.26. The number of halogens is 1. The molecule has 0 spiro atoms. The third-order valence-corrected chi connectivity index (χ3v) is 8.21. The Morgan fingerprint density at radius 2 is 1.68 bits per heavy atom. The van der Waals surface area contributed by atoms with Crippen LogP contribution in [0.3, 0.4) is 0 Å². The van der Waals surface area contributed by atoms with Crippen molar-refractivity contribution in [1.82, 2.24) is 8.87 Å². The van der Waals surface area contributed by atoms with Crippen molar-refractivity contribution < 1.29 is 27.5 Å². The van der Waals surface area contributed by atoms with Crippen molar-refractivity contribution in [1.29, 1.82) is 0 Å². The second kappa shape index (κ2) is 12.3. The molecule has 1 atom stereocenters. The van der Waals surface area contributed by atoms with Crippen molar-refractivity contribution in [3.8, 4) is 0 Å². The van der Waals surface area contributed by atoms with Gasteiger partial charge in [0.15, 0.2) is 0 Å². The van der Waals surface area contributed by atoms with E-state index in [2.05, 4.69) is 15.9 Å². The highest BCUT2D eigenvalue weighted by Gasteiger charge is 2.29. The van der Waals surface area contributed by atoms with E-state index in [1.54, 1.807) is 36.4 Å². The predicted octanol–water partition coefficient (Wildman–Crippen LogP) is 3.55. The first-order valence-electron chi connectivity index (χ1n) is 11.3. The van der Waals surface area contributed by atoms with Crippen LogP contribution < -0.4 is 5.56 Å². The predicted molar refractivity (Wildman–Crippen MR) is 141 cm³/mol. The summed E-state index contributed by atoms with van der Waals surface area (Å²) >= 11 is 3.22. The first kappa shape index (κ1) is 28.3. The van der Waals surface area contributed by atoms with Crippen LogP contribution in [0.5, 0.6) is 0 Å². The number of sulfonamides is 1. The molecular weight excluding hydrogens is 564 g/mol. The summed E-state index contributed by atoms with van der Waals surface area (Å²) in [5.41, 5.74) is 1.33. The summed E-state index contributed by atoms with van der Waals surface area (Å²) in [7, 11) is -1.65.